The number of nitrogens with one attached hydrogen (secondary N) is 1. The molecule has 0 aromatic heterocycles. The van der Waals surface area contributed by atoms with Crippen molar-refractivity contribution in [2.45, 2.75) is 23.5 Å². The summed E-state index contributed by atoms with van der Waals surface area (Å²) in [5, 5.41) is 11.3. The summed E-state index contributed by atoms with van der Waals surface area (Å²) in [7, 11) is -3.66. The van der Waals surface area contributed by atoms with Gasteiger partial charge in [0.25, 0.3) is 5.91 Å². The highest BCUT2D eigenvalue weighted by molar-refractivity contribution is 7.90. The van der Waals surface area contributed by atoms with E-state index < -0.39 is 38.9 Å². The second-order valence-electron chi connectivity index (χ2n) is 4.61. The molecular weight excluding hydrogens is 313 g/mol. The molecule has 21 heavy (non-hydrogen) atoms. The zero-order chi connectivity index (χ0) is 16.6. The number of alkyl halides is 3. The number of hydrogen-bond acceptors (Lipinski definition) is 5. The zero-order valence-corrected chi connectivity index (χ0v) is 11.8. The summed E-state index contributed by atoms with van der Waals surface area (Å²) >= 11 is 0. The number of sulfone groups is 1. The van der Waals surface area contributed by atoms with Gasteiger partial charge in [-0.05, 0) is 25.1 Å². The van der Waals surface area contributed by atoms with Crippen LogP contribution in [0.25, 0.3) is 0 Å². The van der Waals surface area contributed by atoms with Crippen molar-refractivity contribution < 1.29 is 31.5 Å². The van der Waals surface area contributed by atoms with Crippen molar-refractivity contribution in [1.82, 2.24) is 0 Å². The van der Waals surface area contributed by atoms with Gasteiger partial charge in [-0.3, -0.25) is 4.79 Å². The lowest BCUT2D eigenvalue weighted by Gasteiger charge is -2.26. The molecule has 0 saturated heterocycles. The van der Waals surface area contributed by atoms with Crippen LogP contribution < -0.4 is 11.1 Å². The molecule has 4 N–H and O–H groups in total. The molecule has 0 bridgehead atoms. The minimum Gasteiger partial charge on any atom is -0.506 e. The van der Waals surface area contributed by atoms with Crippen molar-refractivity contribution in [3.8, 4) is 5.75 Å². The van der Waals surface area contributed by atoms with E-state index in [-0.39, 0.29) is 4.90 Å². The van der Waals surface area contributed by atoms with Gasteiger partial charge in [-0.25, -0.2) is 8.42 Å². The van der Waals surface area contributed by atoms with Gasteiger partial charge in [0.15, 0.2) is 15.4 Å². The molecule has 1 aromatic carbocycles. The first-order valence-corrected chi connectivity index (χ1v) is 7.36. The molecule has 0 aliphatic carbocycles. The minimum absolute atomic E-state index is 0.277. The molecule has 0 spiro atoms. The number of rotatable bonds is 3. The number of carbonyl (C=O) groups excluding carboxylic acids is 1. The van der Waals surface area contributed by atoms with Crippen LogP contribution in [0.15, 0.2) is 23.1 Å². The largest absolute Gasteiger partial charge is 0.506 e. The summed E-state index contributed by atoms with van der Waals surface area (Å²) in [5.41, 5.74) is 1.25. The van der Waals surface area contributed by atoms with Gasteiger partial charge in [-0.1, -0.05) is 0 Å². The lowest BCUT2D eigenvalue weighted by atomic mass is 10.0. The van der Waals surface area contributed by atoms with E-state index in [1.165, 1.54) is 0 Å². The molecule has 0 aliphatic heterocycles. The normalized spacial score (nSPS) is 15.3. The van der Waals surface area contributed by atoms with E-state index in [9.17, 15) is 31.5 Å². The number of benzene rings is 1. The van der Waals surface area contributed by atoms with Crippen LogP contribution in [0.1, 0.15) is 6.92 Å². The minimum atomic E-state index is -5.01. The third-order valence-electron chi connectivity index (χ3n) is 2.70. The number of anilines is 1. The fourth-order valence-corrected chi connectivity index (χ4v) is 1.87. The van der Waals surface area contributed by atoms with Gasteiger partial charge in [-0.15, -0.1) is 0 Å². The first kappa shape index (κ1) is 17.2. The van der Waals surface area contributed by atoms with Gasteiger partial charge in [-0.2, -0.15) is 13.2 Å². The number of phenols is 1. The monoisotopic (exact) mass is 326 g/mol. The van der Waals surface area contributed by atoms with Gasteiger partial charge < -0.3 is 16.2 Å². The molecule has 0 fully saturated rings. The van der Waals surface area contributed by atoms with Crippen LogP contribution in [-0.2, 0) is 14.6 Å². The number of aromatic hydroxyl groups is 1. The van der Waals surface area contributed by atoms with E-state index in [2.05, 4.69) is 0 Å². The maximum absolute atomic E-state index is 12.6. The molecule has 0 aliphatic rings. The van der Waals surface area contributed by atoms with E-state index in [1.807, 2.05) is 0 Å². The Balaban J connectivity index is 3.18. The Morgan fingerprint density at radius 1 is 1.33 bits per heavy atom. The van der Waals surface area contributed by atoms with Gasteiger partial charge >= 0.3 is 6.18 Å². The summed E-state index contributed by atoms with van der Waals surface area (Å²) in [5.74, 6) is -2.22. The summed E-state index contributed by atoms with van der Waals surface area (Å²) in [6, 6.07) is 2.83. The second-order valence-corrected chi connectivity index (χ2v) is 6.62. The Kier molecular flexibility index (Phi) is 4.26. The maximum atomic E-state index is 12.6. The van der Waals surface area contributed by atoms with Crippen molar-refractivity contribution >= 4 is 21.4 Å². The molecule has 0 heterocycles. The van der Waals surface area contributed by atoms with Crippen LogP contribution in [0.3, 0.4) is 0 Å². The highest BCUT2D eigenvalue weighted by Crippen LogP contribution is 2.31. The lowest BCUT2D eigenvalue weighted by molar-refractivity contribution is -0.184. The fraction of sp³-hybridized carbons (Fsp3) is 0.364. The smallest absolute Gasteiger partial charge is 0.415 e. The molecule has 1 atom stereocenters. The Morgan fingerprint density at radius 3 is 2.29 bits per heavy atom. The van der Waals surface area contributed by atoms with Gasteiger partial charge in [0.1, 0.15) is 5.75 Å². The third kappa shape index (κ3) is 3.64. The van der Waals surface area contributed by atoms with E-state index in [0.717, 1.165) is 24.5 Å². The third-order valence-corrected chi connectivity index (χ3v) is 3.82. The van der Waals surface area contributed by atoms with Crippen LogP contribution in [0.2, 0.25) is 0 Å². The fourth-order valence-electron chi connectivity index (χ4n) is 1.23. The van der Waals surface area contributed by atoms with Crippen LogP contribution in [0.4, 0.5) is 18.9 Å². The highest BCUT2D eigenvalue weighted by Gasteiger charge is 2.54. The average Bonchev–Trinajstić information content (AvgIpc) is 2.28. The Labute approximate surface area is 118 Å². The summed E-state index contributed by atoms with van der Waals surface area (Å²) in [6.45, 7) is 0.458. The second kappa shape index (κ2) is 5.19. The van der Waals surface area contributed by atoms with Crippen LogP contribution >= 0.6 is 0 Å². The highest BCUT2D eigenvalue weighted by atomic mass is 32.2. The summed E-state index contributed by atoms with van der Waals surface area (Å²) < 4.78 is 60.5. The van der Waals surface area contributed by atoms with Crippen molar-refractivity contribution in [2.75, 3.05) is 11.6 Å². The topological polar surface area (TPSA) is 109 Å². The Morgan fingerprint density at radius 2 is 1.86 bits per heavy atom. The molecule has 118 valence electrons. The molecule has 1 amide bonds. The maximum Gasteiger partial charge on any atom is 0.415 e. The molecule has 1 aromatic rings. The van der Waals surface area contributed by atoms with Gasteiger partial charge in [0.05, 0.1) is 10.6 Å². The average molecular weight is 326 g/mol. The quantitative estimate of drug-likeness (QED) is 0.718. The van der Waals surface area contributed by atoms with E-state index in [0.29, 0.717) is 6.92 Å². The Hall–Kier alpha value is -1.81. The zero-order valence-electron chi connectivity index (χ0n) is 11.0. The van der Waals surface area contributed by atoms with Crippen LogP contribution in [-0.4, -0.2) is 37.4 Å². The number of nitrogens with two attached hydrogens (primary N) is 1. The molecule has 1 unspecified atom stereocenters. The number of hydrogen-bond donors (Lipinski definition) is 3. The molecular formula is C11H13F3N2O4S. The predicted octanol–water partition coefficient (Wildman–Crippen LogP) is 1.01. The van der Waals surface area contributed by atoms with Crippen molar-refractivity contribution in [3.63, 3.8) is 0 Å². The standard InChI is InChI=1S/C11H13F3N2O4S/c1-10(15,11(12,13)14)9(18)16-7-5-6(21(2,19)20)3-4-8(7)17/h3-5,17H,15H2,1-2H3,(H,16,18). The number of halogens is 3. The van der Waals surface area contributed by atoms with E-state index >= 15 is 0 Å². The van der Waals surface area contributed by atoms with Gasteiger partial charge in [0.2, 0.25) is 0 Å². The lowest BCUT2D eigenvalue weighted by Crippen LogP contribution is -2.59. The number of carbonyl (C=O) groups is 1. The summed E-state index contributed by atoms with van der Waals surface area (Å²) in [4.78, 5) is 11.3. The summed E-state index contributed by atoms with van der Waals surface area (Å²) in [6.07, 6.45) is -4.14. The molecule has 1 rings (SSSR count). The first-order chi connectivity index (χ1) is 9.26. The predicted molar refractivity (Wildman–Crippen MR) is 68.5 cm³/mol. The molecule has 10 heteroatoms. The van der Waals surface area contributed by atoms with Crippen molar-refractivity contribution in [2.24, 2.45) is 5.73 Å². The van der Waals surface area contributed by atoms with Crippen LogP contribution in [0, 0.1) is 0 Å². The number of amides is 1. The van der Waals surface area contributed by atoms with Crippen LogP contribution in [0.5, 0.6) is 5.75 Å². The van der Waals surface area contributed by atoms with E-state index in [4.69, 9.17) is 5.73 Å². The Bertz CT molecular complexity index is 669. The van der Waals surface area contributed by atoms with Crippen molar-refractivity contribution in [1.29, 1.82) is 0 Å². The SMILES string of the molecule is CC(N)(C(=O)Nc1cc(S(C)(=O)=O)ccc1O)C(F)(F)F. The van der Waals surface area contributed by atoms with Gasteiger partial charge in [0, 0.05) is 6.26 Å². The first-order valence-electron chi connectivity index (χ1n) is 5.47. The molecule has 6 nitrogen and oxygen atoms in total. The number of phenolic OH excluding ortho intramolecular Hbond substituents is 1. The van der Waals surface area contributed by atoms with E-state index in [1.54, 1.807) is 5.32 Å². The molecule has 0 radical (unpaired) electrons. The molecule has 0 saturated carbocycles. The van der Waals surface area contributed by atoms with Crippen molar-refractivity contribution in [3.05, 3.63) is 18.2 Å².